The molecule has 0 saturated carbocycles. The zero-order valence-electron chi connectivity index (χ0n) is 16.3. The van der Waals surface area contributed by atoms with Crippen LogP contribution in [0.1, 0.15) is 24.8 Å². The molecule has 8 nitrogen and oxygen atoms in total. The molecule has 2 aliphatic rings. The molecule has 2 aliphatic heterocycles. The lowest BCUT2D eigenvalue weighted by Gasteiger charge is -2.33. The van der Waals surface area contributed by atoms with Crippen molar-refractivity contribution in [2.45, 2.75) is 26.2 Å². The third kappa shape index (κ3) is 3.73. The summed E-state index contributed by atoms with van der Waals surface area (Å²) in [5, 5.41) is 0. The second-order valence-corrected chi connectivity index (χ2v) is 6.69. The first kappa shape index (κ1) is 19.9. The van der Waals surface area contributed by atoms with E-state index in [1.807, 2.05) is 19.1 Å². The van der Waals surface area contributed by atoms with Crippen molar-refractivity contribution >= 4 is 29.2 Å². The Morgan fingerprint density at radius 3 is 2.46 bits per heavy atom. The molecule has 1 fully saturated rings. The summed E-state index contributed by atoms with van der Waals surface area (Å²) in [6.45, 7) is 2.67. The van der Waals surface area contributed by atoms with E-state index in [1.165, 1.54) is 14.2 Å². The number of methoxy groups -OCH3 is 2. The number of aryl methyl sites for hydroxylation is 1. The summed E-state index contributed by atoms with van der Waals surface area (Å²) in [5.74, 6) is -1.17. The summed E-state index contributed by atoms with van der Waals surface area (Å²) in [7, 11) is 2.51. The zero-order valence-corrected chi connectivity index (χ0v) is 16.3. The Labute approximate surface area is 163 Å². The van der Waals surface area contributed by atoms with Crippen LogP contribution in [0, 0.1) is 6.92 Å². The predicted molar refractivity (Wildman–Crippen MR) is 102 cm³/mol. The number of ether oxygens (including phenoxy) is 3. The molecule has 2 heterocycles. The van der Waals surface area contributed by atoms with Crippen molar-refractivity contribution in [1.29, 1.82) is 0 Å². The number of carbonyl (C=O) groups excluding carboxylic acids is 3. The number of anilines is 2. The van der Waals surface area contributed by atoms with Crippen molar-refractivity contribution in [3.63, 3.8) is 0 Å². The maximum absolute atomic E-state index is 12.4. The van der Waals surface area contributed by atoms with Gasteiger partial charge in [-0.05, 0) is 43.5 Å². The summed E-state index contributed by atoms with van der Waals surface area (Å²) >= 11 is 0. The standard InChI is InChI=1S/C20H24N2O6/c1-13-10-14(7-8-16(13)21-9-5-4-6-17(21)23)22-12-28-11-15(19(24)26-2)18(22)20(25)27-3/h7-8,10H,4-6,9,11-12H2,1-3H3. The molecular formula is C20H24N2O6. The molecule has 28 heavy (non-hydrogen) atoms. The Hall–Kier alpha value is -2.87. The molecule has 0 atom stereocenters. The molecule has 150 valence electrons. The predicted octanol–water partition coefficient (Wildman–Crippen LogP) is 1.91. The average Bonchev–Trinajstić information content (AvgIpc) is 2.72. The minimum Gasteiger partial charge on any atom is -0.466 e. The van der Waals surface area contributed by atoms with E-state index in [0.717, 1.165) is 24.1 Å². The van der Waals surface area contributed by atoms with Crippen molar-refractivity contribution < 1.29 is 28.6 Å². The van der Waals surface area contributed by atoms with Gasteiger partial charge in [0, 0.05) is 24.3 Å². The van der Waals surface area contributed by atoms with Gasteiger partial charge in [0.25, 0.3) is 0 Å². The van der Waals surface area contributed by atoms with Crippen LogP contribution < -0.4 is 9.80 Å². The lowest BCUT2D eigenvalue weighted by Crippen LogP contribution is -2.39. The number of rotatable bonds is 4. The van der Waals surface area contributed by atoms with E-state index >= 15 is 0 Å². The summed E-state index contributed by atoms with van der Waals surface area (Å²) in [6.07, 6.45) is 2.45. The van der Waals surface area contributed by atoms with Crippen LogP contribution in [0.3, 0.4) is 0 Å². The second kappa shape index (κ2) is 8.43. The van der Waals surface area contributed by atoms with E-state index in [2.05, 4.69) is 0 Å². The van der Waals surface area contributed by atoms with Gasteiger partial charge >= 0.3 is 11.9 Å². The van der Waals surface area contributed by atoms with Gasteiger partial charge in [0.2, 0.25) is 5.91 Å². The van der Waals surface area contributed by atoms with E-state index < -0.39 is 11.9 Å². The van der Waals surface area contributed by atoms with Crippen LogP contribution >= 0.6 is 0 Å². The molecule has 0 aliphatic carbocycles. The SMILES string of the molecule is COC(=O)C1=C(C(=O)OC)N(c2ccc(N3CCCCC3=O)c(C)c2)COC1. The highest BCUT2D eigenvalue weighted by Gasteiger charge is 2.32. The number of amides is 1. The maximum Gasteiger partial charge on any atom is 0.355 e. The van der Waals surface area contributed by atoms with Crippen LogP contribution in [-0.2, 0) is 28.6 Å². The van der Waals surface area contributed by atoms with E-state index in [-0.39, 0.29) is 30.5 Å². The highest BCUT2D eigenvalue weighted by atomic mass is 16.5. The Morgan fingerprint density at radius 2 is 1.82 bits per heavy atom. The van der Waals surface area contributed by atoms with Gasteiger partial charge in [0.15, 0.2) is 0 Å². The Bertz CT molecular complexity index is 832. The number of carbonyl (C=O) groups is 3. The average molecular weight is 388 g/mol. The van der Waals surface area contributed by atoms with Crippen LogP contribution in [0.2, 0.25) is 0 Å². The van der Waals surface area contributed by atoms with Gasteiger partial charge in [-0.1, -0.05) is 0 Å². The van der Waals surface area contributed by atoms with Gasteiger partial charge in [-0.15, -0.1) is 0 Å². The largest absolute Gasteiger partial charge is 0.466 e. The Morgan fingerprint density at radius 1 is 1.07 bits per heavy atom. The molecular weight excluding hydrogens is 364 g/mol. The monoisotopic (exact) mass is 388 g/mol. The molecule has 0 unspecified atom stereocenters. The summed E-state index contributed by atoms with van der Waals surface area (Å²) in [6, 6.07) is 5.52. The lowest BCUT2D eigenvalue weighted by atomic mass is 10.1. The molecule has 1 aromatic carbocycles. The van der Waals surface area contributed by atoms with E-state index in [1.54, 1.807) is 15.9 Å². The fourth-order valence-corrected chi connectivity index (χ4v) is 3.52. The molecule has 8 heteroatoms. The zero-order chi connectivity index (χ0) is 20.3. The molecule has 0 spiro atoms. The van der Waals surface area contributed by atoms with Crippen LogP contribution in [-0.4, -0.2) is 51.9 Å². The van der Waals surface area contributed by atoms with Gasteiger partial charge in [0.05, 0.1) is 26.4 Å². The van der Waals surface area contributed by atoms with Gasteiger partial charge in [-0.25, -0.2) is 9.59 Å². The summed E-state index contributed by atoms with van der Waals surface area (Å²) in [5.41, 5.74) is 2.60. The third-order valence-electron chi connectivity index (χ3n) is 4.94. The van der Waals surface area contributed by atoms with Crippen molar-refractivity contribution in [3.8, 4) is 0 Å². The molecule has 3 rings (SSSR count). The second-order valence-electron chi connectivity index (χ2n) is 6.69. The number of benzene rings is 1. The van der Waals surface area contributed by atoms with Gasteiger partial charge < -0.3 is 24.0 Å². The molecule has 1 saturated heterocycles. The third-order valence-corrected chi connectivity index (χ3v) is 4.94. The smallest absolute Gasteiger partial charge is 0.355 e. The summed E-state index contributed by atoms with van der Waals surface area (Å²) < 4.78 is 15.1. The molecule has 0 radical (unpaired) electrons. The minimum atomic E-state index is -0.642. The van der Waals surface area contributed by atoms with Crippen LogP contribution in [0.25, 0.3) is 0 Å². The number of esters is 2. The first-order chi connectivity index (χ1) is 13.5. The van der Waals surface area contributed by atoms with Crippen LogP contribution in [0.5, 0.6) is 0 Å². The number of hydrogen-bond acceptors (Lipinski definition) is 7. The topological polar surface area (TPSA) is 85.4 Å². The lowest BCUT2D eigenvalue weighted by molar-refractivity contribution is -0.140. The molecule has 1 amide bonds. The molecule has 0 N–H and O–H groups in total. The van der Waals surface area contributed by atoms with Crippen molar-refractivity contribution in [3.05, 3.63) is 35.0 Å². The fraction of sp³-hybridized carbons (Fsp3) is 0.450. The first-order valence-electron chi connectivity index (χ1n) is 9.14. The van der Waals surface area contributed by atoms with Crippen molar-refractivity contribution in [2.75, 3.05) is 43.9 Å². The van der Waals surface area contributed by atoms with Crippen molar-refractivity contribution in [1.82, 2.24) is 0 Å². The van der Waals surface area contributed by atoms with Gasteiger partial charge in [0.1, 0.15) is 12.4 Å². The maximum atomic E-state index is 12.4. The molecule has 0 bridgehead atoms. The van der Waals surface area contributed by atoms with E-state index in [9.17, 15) is 14.4 Å². The van der Waals surface area contributed by atoms with E-state index in [4.69, 9.17) is 14.2 Å². The summed E-state index contributed by atoms with van der Waals surface area (Å²) in [4.78, 5) is 40.1. The first-order valence-corrected chi connectivity index (χ1v) is 9.14. The minimum absolute atomic E-state index is 0.0348. The number of nitrogens with zero attached hydrogens (tertiary/aromatic N) is 2. The van der Waals surface area contributed by atoms with E-state index in [0.29, 0.717) is 18.7 Å². The fourth-order valence-electron chi connectivity index (χ4n) is 3.52. The van der Waals surface area contributed by atoms with Crippen LogP contribution in [0.4, 0.5) is 11.4 Å². The van der Waals surface area contributed by atoms with Gasteiger partial charge in [-0.3, -0.25) is 4.79 Å². The normalized spacial score (nSPS) is 17.6. The molecule has 1 aromatic rings. The Kier molecular flexibility index (Phi) is 5.99. The number of piperidine rings is 1. The highest BCUT2D eigenvalue weighted by Crippen LogP contribution is 2.32. The van der Waals surface area contributed by atoms with Gasteiger partial charge in [-0.2, -0.15) is 0 Å². The quantitative estimate of drug-likeness (QED) is 0.728. The number of hydrogen-bond donors (Lipinski definition) is 0. The van der Waals surface area contributed by atoms with Crippen LogP contribution in [0.15, 0.2) is 29.5 Å². The van der Waals surface area contributed by atoms with Crippen molar-refractivity contribution in [2.24, 2.45) is 0 Å². The molecule has 0 aromatic heterocycles. The highest BCUT2D eigenvalue weighted by molar-refractivity contribution is 6.03. The Balaban J connectivity index is 1.99.